The maximum Gasteiger partial charge on any atom is 0.407 e. The minimum Gasteiger partial charge on any atom is -0.446 e. The molecule has 516 valence electrons. The molecule has 0 bridgehead atoms. The molecule has 0 spiro atoms. The van der Waals surface area contributed by atoms with Crippen LogP contribution >= 0.6 is 0 Å². The maximum absolute atomic E-state index is 13.0. The highest BCUT2D eigenvalue weighted by Crippen LogP contribution is 2.25. The van der Waals surface area contributed by atoms with Crippen molar-refractivity contribution in [3.8, 4) is 0 Å². The first-order valence-corrected chi connectivity index (χ1v) is 36.3. The van der Waals surface area contributed by atoms with Gasteiger partial charge in [-0.1, -0.05) is 220 Å². The molecule has 87 heavy (non-hydrogen) atoms. The number of ether oxygens (including phenoxy) is 7. The van der Waals surface area contributed by atoms with Gasteiger partial charge in [-0.2, -0.15) is 0 Å². The lowest BCUT2D eigenvalue weighted by Gasteiger charge is -2.38. The number of aliphatic hydroxyl groups is 3. The number of carbonyl (C=O) groups is 3. The Labute approximate surface area is 533 Å². The molecule has 0 aromatic rings. The van der Waals surface area contributed by atoms with E-state index in [0.29, 0.717) is 97.6 Å². The average molecular weight is 1240 g/mol. The van der Waals surface area contributed by atoms with Gasteiger partial charge in [-0.05, 0) is 91.9 Å². The van der Waals surface area contributed by atoms with Crippen LogP contribution in [0.2, 0.25) is 0 Å². The van der Waals surface area contributed by atoms with Gasteiger partial charge in [-0.3, -0.25) is 9.59 Å². The number of amides is 3. The molecule has 7 atom stereocenters. The maximum atomic E-state index is 13.0. The van der Waals surface area contributed by atoms with Gasteiger partial charge in [0, 0.05) is 52.3 Å². The Morgan fingerprint density at radius 1 is 0.425 bits per heavy atom. The molecule has 0 aromatic heterocycles. The summed E-state index contributed by atoms with van der Waals surface area (Å²) in [6.45, 7) is 20.8. The summed E-state index contributed by atoms with van der Waals surface area (Å²) in [6, 6.07) is 0. The third-order valence-corrected chi connectivity index (χ3v) is 17.8. The molecule has 3 amide bonds. The lowest BCUT2D eigenvalue weighted by molar-refractivity contribution is -0.293. The van der Waals surface area contributed by atoms with Crippen molar-refractivity contribution in [3.63, 3.8) is 0 Å². The number of aliphatic hydroxyl groups excluding tert-OH is 3. The van der Waals surface area contributed by atoms with Gasteiger partial charge in [-0.15, -0.1) is 0 Å². The molecule has 0 radical (unpaired) electrons. The third-order valence-electron chi connectivity index (χ3n) is 17.8. The molecule has 1 aliphatic heterocycles. The Kier molecular flexibility index (Phi) is 52.8. The zero-order valence-corrected chi connectivity index (χ0v) is 57.6. The molecule has 0 aromatic carbocycles. The van der Waals surface area contributed by atoms with Crippen LogP contribution in [0.4, 0.5) is 4.79 Å². The first kappa shape index (κ1) is 82.9. The van der Waals surface area contributed by atoms with E-state index in [1.807, 2.05) is 13.8 Å². The van der Waals surface area contributed by atoms with Crippen molar-refractivity contribution in [2.75, 3.05) is 65.9 Å². The van der Waals surface area contributed by atoms with Gasteiger partial charge in [0.2, 0.25) is 11.8 Å². The lowest BCUT2D eigenvalue weighted by Crippen LogP contribution is -2.57. The Morgan fingerprint density at radius 3 is 1.39 bits per heavy atom. The van der Waals surface area contributed by atoms with Crippen molar-refractivity contribution >= 4 is 17.9 Å². The van der Waals surface area contributed by atoms with Crippen LogP contribution in [0.1, 0.15) is 325 Å². The molecule has 1 fully saturated rings. The molecule has 1 saturated heterocycles. The predicted molar refractivity (Wildman–Crippen MR) is 354 cm³/mol. The molecule has 16 heteroatoms. The quantitative estimate of drug-likeness (QED) is 0.0313. The highest BCUT2D eigenvalue weighted by atomic mass is 16.7. The van der Waals surface area contributed by atoms with E-state index in [0.717, 1.165) is 44.9 Å². The summed E-state index contributed by atoms with van der Waals surface area (Å²) in [6.07, 6.45) is 42.2. The zero-order valence-electron chi connectivity index (χ0n) is 57.6. The number of hydrogen-bond acceptors (Lipinski definition) is 13. The van der Waals surface area contributed by atoms with Crippen molar-refractivity contribution in [1.82, 2.24) is 16.0 Å². The first-order valence-electron chi connectivity index (χ1n) is 36.3. The van der Waals surface area contributed by atoms with E-state index >= 15 is 0 Å². The van der Waals surface area contributed by atoms with Gasteiger partial charge in [0.25, 0.3) is 0 Å². The Bertz CT molecular complexity index is 1600. The van der Waals surface area contributed by atoms with Crippen molar-refractivity contribution in [2.24, 2.45) is 0 Å². The first-order chi connectivity index (χ1) is 42.1. The van der Waals surface area contributed by atoms with Crippen molar-refractivity contribution in [3.05, 3.63) is 0 Å². The van der Waals surface area contributed by atoms with Crippen LogP contribution in [0.25, 0.3) is 0 Å². The number of nitrogens with one attached hydrogen (secondary N) is 3. The smallest absolute Gasteiger partial charge is 0.407 e. The zero-order chi connectivity index (χ0) is 64.0. The molecule has 7 unspecified atom stereocenters. The summed E-state index contributed by atoms with van der Waals surface area (Å²) in [7, 11) is 0. The Hall–Kier alpha value is -2.15. The van der Waals surface area contributed by atoms with E-state index in [2.05, 4.69) is 50.6 Å². The summed E-state index contributed by atoms with van der Waals surface area (Å²) >= 11 is 0. The summed E-state index contributed by atoms with van der Waals surface area (Å²) in [5, 5.41) is 38.8. The van der Waals surface area contributed by atoms with E-state index in [9.17, 15) is 29.7 Å². The third kappa shape index (κ3) is 46.6. The second-order valence-electron chi connectivity index (χ2n) is 26.5. The summed E-state index contributed by atoms with van der Waals surface area (Å²) in [5.74, 6) is -0.0805. The minimum atomic E-state index is -1.34. The highest BCUT2D eigenvalue weighted by Gasteiger charge is 2.42. The molecule has 1 aliphatic rings. The lowest BCUT2D eigenvalue weighted by atomic mass is 9.98. The SMILES string of the molecule is CCCCCCCCCCCCCCCCCCOCC(CC)(COC(=O)NCCCCCC(=O)NCCC(C)(CC)OCCC(C)(C)OCCNC(=O)CCCCOC1OC(C)C(O)C(O)C1O)OCCCCCCCCCCCCCCCCC. The Balaban J connectivity index is 2.33. The normalized spacial score (nSPS) is 18.5. The van der Waals surface area contributed by atoms with Crippen LogP contribution < -0.4 is 16.0 Å². The summed E-state index contributed by atoms with van der Waals surface area (Å²) in [4.78, 5) is 38.1. The fraction of sp³-hybridized carbons (Fsp3) is 0.958. The molecule has 0 aliphatic carbocycles. The van der Waals surface area contributed by atoms with Crippen molar-refractivity contribution in [1.29, 1.82) is 0 Å². The fourth-order valence-electron chi connectivity index (χ4n) is 11.1. The number of unbranched alkanes of at least 4 members (excludes halogenated alkanes) is 32. The van der Waals surface area contributed by atoms with Crippen LogP contribution in [0, 0.1) is 0 Å². The van der Waals surface area contributed by atoms with E-state index < -0.39 is 53.6 Å². The van der Waals surface area contributed by atoms with Crippen molar-refractivity contribution < 1.29 is 62.9 Å². The van der Waals surface area contributed by atoms with Crippen LogP contribution in [0.5, 0.6) is 0 Å². The fourth-order valence-corrected chi connectivity index (χ4v) is 11.1. The highest BCUT2D eigenvalue weighted by molar-refractivity contribution is 5.76. The number of alkyl carbamates (subject to hydrolysis) is 1. The van der Waals surface area contributed by atoms with E-state index in [-0.39, 0.29) is 25.0 Å². The van der Waals surface area contributed by atoms with Crippen molar-refractivity contribution in [2.45, 2.75) is 373 Å². The van der Waals surface area contributed by atoms with Crippen LogP contribution in [-0.4, -0.2) is 147 Å². The second kappa shape index (κ2) is 55.5. The molecule has 6 N–H and O–H groups in total. The number of carbonyl (C=O) groups excluding carboxylic acids is 3. The monoisotopic (exact) mass is 1240 g/mol. The van der Waals surface area contributed by atoms with Crippen LogP contribution in [-0.2, 0) is 42.7 Å². The van der Waals surface area contributed by atoms with E-state index in [1.165, 1.54) is 180 Å². The molecular weight excluding hydrogens is 1100 g/mol. The predicted octanol–water partition coefficient (Wildman–Crippen LogP) is 15.6. The summed E-state index contributed by atoms with van der Waals surface area (Å²) in [5.41, 5.74) is -1.54. The van der Waals surface area contributed by atoms with Crippen LogP contribution in [0.3, 0.4) is 0 Å². The van der Waals surface area contributed by atoms with Crippen LogP contribution in [0.15, 0.2) is 0 Å². The van der Waals surface area contributed by atoms with Gasteiger partial charge in [0.1, 0.15) is 30.5 Å². The molecule has 1 heterocycles. The number of rotatable bonds is 63. The van der Waals surface area contributed by atoms with Gasteiger partial charge in [0.05, 0.1) is 37.1 Å². The van der Waals surface area contributed by atoms with E-state index in [1.54, 1.807) is 6.92 Å². The molecule has 1 rings (SSSR count). The number of hydrogen-bond donors (Lipinski definition) is 6. The largest absolute Gasteiger partial charge is 0.446 e. The topological polar surface area (TPSA) is 213 Å². The minimum absolute atomic E-state index is 0.0117. The van der Waals surface area contributed by atoms with Gasteiger partial charge < -0.3 is 64.4 Å². The molecular formula is C71H139N3O13. The second-order valence-corrected chi connectivity index (χ2v) is 26.5. The van der Waals surface area contributed by atoms with E-state index in [4.69, 9.17) is 33.2 Å². The Morgan fingerprint density at radius 2 is 0.885 bits per heavy atom. The summed E-state index contributed by atoms with van der Waals surface area (Å²) < 4.78 is 42.1. The standard InChI is InChI=1S/C71H139N3O13/c1-9-13-15-17-19-21-23-25-27-29-30-32-34-36-38-44-54-81-59-71(12-4,86-56-45-39-37-35-33-31-28-26-24-22-20-18-16-14-10-2)60-83-68(80)74-51-43-40-41-47-62(75)72-52-49-70(8,11-3)85-57-50-69(6,7)84-58-53-73-63(76)48-42-46-55-82-67-66(79)65(78)64(77)61(5)87-67/h61,64-67,77-79H,9-60H2,1-8H3,(H,72,75)(H,73,76)(H,74,80). The van der Waals surface area contributed by atoms with Gasteiger partial charge >= 0.3 is 6.09 Å². The average Bonchev–Trinajstić information content (AvgIpc) is 3.35. The van der Waals surface area contributed by atoms with Gasteiger partial charge in [0.15, 0.2) is 6.29 Å². The molecule has 0 saturated carbocycles. The van der Waals surface area contributed by atoms with Gasteiger partial charge in [-0.25, -0.2) is 4.79 Å². The molecule has 16 nitrogen and oxygen atoms in total.